The molecular formula is C66H132N4O6S4. The molecule has 1 aliphatic rings. The van der Waals surface area contributed by atoms with Crippen LogP contribution in [-0.4, -0.2) is 141 Å². The Balaban J connectivity index is 2.55. The molecule has 0 aromatic rings. The van der Waals surface area contributed by atoms with Gasteiger partial charge in [0.15, 0.2) is 0 Å². The summed E-state index contributed by atoms with van der Waals surface area (Å²) >= 11 is 0. The number of nitrogens with zero attached hydrogens (tertiary/aromatic N) is 2. The Morgan fingerprint density at radius 1 is 0.325 bits per heavy atom. The van der Waals surface area contributed by atoms with E-state index in [1.165, 1.54) is 231 Å². The van der Waals surface area contributed by atoms with Gasteiger partial charge in [-0.25, -0.2) is 0 Å². The average Bonchev–Trinajstić information content (AvgIpc) is 3.43. The second-order valence-corrected chi connectivity index (χ2v) is 29.6. The molecule has 6 N–H and O–H groups in total. The quantitative estimate of drug-likeness (QED) is 0.0255. The van der Waals surface area contributed by atoms with E-state index in [-0.39, 0.29) is 11.8 Å². The number of aliphatic hydroxyl groups is 4. The number of aliphatic hydroxyl groups excluding tert-OH is 4. The smallest absolute Gasteiger partial charge is 0.244 e. The number of carbonyl (C=O) groups excluding carboxylic acids is 2. The van der Waals surface area contributed by atoms with Crippen molar-refractivity contribution in [2.24, 2.45) is 0 Å². The van der Waals surface area contributed by atoms with Crippen LogP contribution in [0.25, 0.3) is 0 Å². The Morgan fingerprint density at radius 2 is 0.525 bits per heavy atom. The van der Waals surface area contributed by atoms with Gasteiger partial charge in [0.05, 0.1) is 24.4 Å². The number of hydrogen-bond acceptors (Lipinski definition) is 12. The first-order chi connectivity index (χ1) is 39.1. The van der Waals surface area contributed by atoms with E-state index < -0.39 is 36.5 Å². The van der Waals surface area contributed by atoms with Crippen molar-refractivity contribution >= 4 is 55.0 Å². The Labute approximate surface area is 511 Å². The number of unbranched alkanes of at least 4 members (excludes halogenated alkanes) is 36. The van der Waals surface area contributed by atoms with E-state index in [0.717, 1.165) is 76.0 Å². The van der Waals surface area contributed by atoms with Crippen molar-refractivity contribution in [3.8, 4) is 0 Å². The Morgan fingerprint density at radius 3 is 0.738 bits per heavy atom. The molecule has 10 nitrogen and oxygen atoms in total. The molecule has 0 radical (unpaired) electrons. The molecular weight excluding hydrogens is 1070 g/mol. The predicted octanol–water partition coefficient (Wildman–Crippen LogP) is 17.0. The maximum absolute atomic E-state index is 13.3. The maximum Gasteiger partial charge on any atom is 0.244 e. The topological polar surface area (TPSA) is 146 Å². The van der Waals surface area contributed by atoms with Crippen LogP contribution in [0.15, 0.2) is 0 Å². The third-order valence-electron chi connectivity index (χ3n) is 16.3. The number of nitrogens with one attached hydrogen (secondary N) is 2. The van der Waals surface area contributed by atoms with Crippen LogP contribution in [0.5, 0.6) is 0 Å². The zero-order valence-corrected chi connectivity index (χ0v) is 56.0. The number of carbonyl (C=O) groups is 2. The fraction of sp³-hybridized carbons (Fsp3) is 0.970. The SMILES string of the molecule is CCCCCCCCCCCCC(O)CN(CCSSCC1NC(=O)C(CSSCCN(CC(O)CCCCCCCCCCCC)CC(O)CCCCCCCCCCCC)NC1=O)CC(O)CCCCCCCCCCCC. The first-order valence-electron chi connectivity index (χ1n) is 34.4. The summed E-state index contributed by atoms with van der Waals surface area (Å²) in [7, 11) is 6.58. The zero-order chi connectivity index (χ0) is 58.2. The highest BCUT2D eigenvalue weighted by Gasteiger charge is 2.33. The van der Waals surface area contributed by atoms with Crippen LogP contribution in [0, 0.1) is 0 Å². The lowest BCUT2D eigenvalue weighted by molar-refractivity contribution is -0.135. The standard InChI is InChI=1S/C66H132N4O6S4/c1-5-9-13-17-21-25-29-33-37-41-45-59(71)53-69(54-60(72)46-42-38-34-30-26-22-18-14-10-6-2)49-51-77-79-57-63-65(75)68-64(66(76)67-63)58-80-78-52-50-70(55-61(73)47-43-39-35-31-27-23-19-15-11-7-3)56-62(74)48-44-40-36-32-28-24-20-16-12-8-4/h59-64,71-74H,5-58H2,1-4H3,(H,67,76)(H,68,75). The number of piperazine rings is 1. The molecule has 0 aliphatic carbocycles. The fourth-order valence-corrected chi connectivity index (χ4v) is 15.5. The molecule has 1 saturated heterocycles. The van der Waals surface area contributed by atoms with Crippen LogP contribution in [0.4, 0.5) is 0 Å². The van der Waals surface area contributed by atoms with Gasteiger partial charge in [0.2, 0.25) is 11.8 Å². The molecule has 0 bridgehead atoms. The van der Waals surface area contributed by atoms with Crippen LogP contribution in [0.2, 0.25) is 0 Å². The Kier molecular flexibility index (Phi) is 58.0. The molecule has 2 amide bonds. The predicted molar refractivity (Wildman–Crippen MR) is 356 cm³/mol. The van der Waals surface area contributed by atoms with Crippen LogP contribution >= 0.6 is 43.2 Å². The summed E-state index contributed by atoms with van der Waals surface area (Å²) in [6.45, 7) is 12.8. The lowest BCUT2D eigenvalue weighted by Gasteiger charge is -2.29. The van der Waals surface area contributed by atoms with E-state index in [1.807, 2.05) is 0 Å². The lowest BCUT2D eigenvalue weighted by Crippen LogP contribution is -2.63. The summed E-state index contributed by atoms with van der Waals surface area (Å²) in [5.74, 6) is 2.27. The molecule has 476 valence electrons. The van der Waals surface area contributed by atoms with E-state index in [0.29, 0.717) is 37.7 Å². The largest absolute Gasteiger partial charge is 0.392 e. The molecule has 6 atom stereocenters. The first kappa shape index (κ1) is 78.1. The highest BCUT2D eigenvalue weighted by molar-refractivity contribution is 8.77. The van der Waals surface area contributed by atoms with Crippen molar-refractivity contribution in [3.05, 3.63) is 0 Å². The van der Waals surface area contributed by atoms with E-state index >= 15 is 0 Å². The van der Waals surface area contributed by atoms with Gasteiger partial charge in [0.1, 0.15) is 12.1 Å². The second kappa shape index (κ2) is 59.4. The van der Waals surface area contributed by atoms with E-state index in [4.69, 9.17) is 0 Å². The molecule has 0 saturated carbocycles. The summed E-state index contributed by atoms with van der Waals surface area (Å²) in [6, 6.07) is -1.16. The Bertz CT molecular complexity index is 1170. The van der Waals surface area contributed by atoms with Gasteiger partial charge in [-0.3, -0.25) is 19.4 Å². The minimum Gasteiger partial charge on any atom is -0.392 e. The van der Waals surface area contributed by atoms with Crippen molar-refractivity contribution in [1.82, 2.24) is 20.4 Å². The van der Waals surface area contributed by atoms with Gasteiger partial charge in [-0.15, -0.1) is 0 Å². The number of rotatable bonds is 64. The highest BCUT2D eigenvalue weighted by Crippen LogP contribution is 2.26. The van der Waals surface area contributed by atoms with Crippen LogP contribution in [0.3, 0.4) is 0 Å². The summed E-state index contributed by atoms with van der Waals surface area (Å²) in [5.41, 5.74) is 0. The fourth-order valence-electron chi connectivity index (χ4n) is 11.1. The van der Waals surface area contributed by atoms with Crippen LogP contribution in [0.1, 0.15) is 310 Å². The molecule has 0 aromatic heterocycles. The van der Waals surface area contributed by atoms with Gasteiger partial charge in [-0.2, -0.15) is 0 Å². The van der Waals surface area contributed by atoms with Gasteiger partial charge in [0.25, 0.3) is 0 Å². The highest BCUT2D eigenvalue weighted by atomic mass is 33.1. The summed E-state index contributed by atoms with van der Waals surface area (Å²) in [6.07, 6.45) is 52.7. The Hall–Kier alpha value is 0.1000. The normalized spacial score (nSPS) is 16.4. The van der Waals surface area contributed by atoms with Crippen LogP contribution in [-0.2, 0) is 9.59 Å². The molecule has 0 spiro atoms. The van der Waals surface area contributed by atoms with Crippen LogP contribution < -0.4 is 10.6 Å². The van der Waals surface area contributed by atoms with E-state index in [2.05, 4.69) is 48.1 Å². The van der Waals surface area contributed by atoms with Gasteiger partial charge < -0.3 is 31.1 Å². The van der Waals surface area contributed by atoms with Crippen molar-refractivity contribution in [3.63, 3.8) is 0 Å². The summed E-state index contributed by atoms with van der Waals surface area (Å²) < 4.78 is 0. The van der Waals surface area contributed by atoms with E-state index in [9.17, 15) is 30.0 Å². The minimum absolute atomic E-state index is 0.140. The van der Waals surface area contributed by atoms with Crippen molar-refractivity contribution in [2.45, 2.75) is 347 Å². The molecule has 14 heteroatoms. The molecule has 1 aliphatic heterocycles. The molecule has 1 fully saturated rings. The third kappa shape index (κ3) is 50.3. The van der Waals surface area contributed by atoms with Crippen molar-refractivity contribution < 1.29 is 30.0 Å². The molecule has 1 heterocycles. The zero-order valence-electron chi connectivity index (χ0n) is 52.8. The average molecular weight is 1210 g/mol. The maximum atomic E-state index is 13.3. The van der Waals surface area contributed by atoms with Crippen molar-refractivity contribution in [1.29, 1.82) is 0 Å². The molecule has 6 unspecified atom stereocenters. The van der Waals surface area contributed by atoms with Gasteiger partial charge >= 0.3 is 0 Å². The van der Waals surface area contributed by atoms with Gasteiger partial charge in [0, 0.05) is 62.3 Å². The van der Waals surface area contributed by atoms with Crippen molar-refractivity contribution in [2.75, 3.05) is 62.3 Å². The monoisotopic (exact) mass is 1200 g/mol. The summed E-state index contributed by atoms with van der Waals surface area (Å²) in [5, 5.41) is 50.5. The van der Waals surface area contributed by atoms with Gasteiger partial charge in [-0.1, -0.05) is 328 Å². The van der Waals surface area contributed by atoms with E-state index in [1.54, 1.807) is 43.2 Å². The molecule has 1 rings (SSSR count). The van der Waals surface area contributed by atoms with Gasteiger partial charge in [-0.05, 0) is 25.7 Å². The second-order valence-electron chi connectivity index (χ2n) is 24.4. The molecule has 80 heavy (non-hydrogen) atoms. The minimum atomic E-state index is -0.581. The molecule has 0 aromatic carbocycles. The third-order valence-corrected chi connectivity index (χ3v) is 21.1. The number of hydrogen-bond donors (Lipinski definition) is 6. The lowest BCUT2D eigenvalue weighted by atomic mass is 10.0. The number of amides is 2. The summed E-state index contributed by atoms with van der Waals surface area (Å²) in [4.78, 5) is 31.0. The first-order valence-corrected chi connectivity index (χ1v) is 39.4.